The number of hydrogen-bond donors (Lipinski definition) is 1. The number of nitrogens with two attached hydrogens (primary N) is 1. The van der Waals surface area contributed by atoms with Gasteiger partial charge < -0.3 is 10.3 Å². The van der Waals surface area contributed by atoms with E-state index in [2.05, 4.69) is 9.97 Å². The SMILES string of the molecule is Nc1c(S(=O)(=O)c2ccccc2)c2nc3ccccc3nc2n1CCc1ccc(F)cc1. The molecule has 0 fully saturated rings. The fraction of sp³-hybridized carbons (Fsp3) is 0.0833. The van der Waals surface area contributed by atoms with E-state index in [1.807, 2.05) is 18.2 Å². The van der Waals surface area contributed by atoms with E-state index in [4.69, 9.17) is 5.73 Å². The van der Waals surface area contributed by atoms with Crippen molar-refractivity contribution in [3.05, 3.63) is 90.2 Å². The van der Waals surface area contributed by atoms with Crippen LogP contribution in [-0.2, 0) is 22.8 Å². The summed E-state index contributed by atoms with van der Waals surface area (Å²) in [5, 5.41) is 0. The Bertz CT molecular complexity index is 1550. The Balaban J connectivity index is 1.72. The number of sulfone groups is 1. The molecule has 5 rings (SSSR count). The van der Waals surface area contributed by atoms with E-state index in [0.29, 0.717) is 29.6 Å². The topological polar surface area (TPSA) is 90.9 Å². The van der Waals surface area contributed by atoms with Gasteiger partial charge in [-0.15, -0.1) is 0 Å². The standard InChI is InChI=1S/C24H19FN4O2S/c25-17-12-10-16(11-13-17)14-15-29-23(26)22(32(30,31)18-6-2-1-3-7-18)21-24(29)28-20-9-5-4-8-19(20)27-21/h1-13H,14-15,26H2. The van der Waals surface area contributed by atoms with Crippen molar-refractivity contribution < 1.29 is 12.8 Å². The Labute approximate surface area is 184 Å². The van der Waals surface area contributed by atoms with Crippen molar-refractivity contribution in [1.82, 2.24) is 14.5 Å². The maximum Gasteiger partial charge on any atom is 0.212 e. The minimum absolute atomic E-state index is 0.0453. The molecule has 8 heteroatoms. The maximum atomic E-state index is 13.5. The number of aromatic nitrogens is 3. The molecule has 0 atom stereocenters. The molecule has 0 radical (unpaired) electrons. The molecule has 3 aromatic carbocycles. The van der Waals surface area contributed by atoms with Crippen molar-refractivity contribution >= 4 is 37.9 Å². The van der Waals surface area contributed by atoms with Crippen LogP contribution in [0.3, 0.4) is 0 Å². The average Bonchev–Trinajstić information content (AvgIpc) is 3.08. The van der Waals surface area contributed by atoms with E-state index in [9.17, 15) is 12.8 Å². The van der Waals surface area contributed by atoms with E-state index < -0.39 is 9.84 Å². The van der Waals surface area contributed by atoms with E-state index in [1.54, 1.807) is 41.0 Å². The molecule has 0 saturated heterocycles. The zero-order valence-electron chi connectivity index (χ0n) is 16.9. The van der Waals surface area contributed by atoms with Crippen LogP contribution in [-0.4, -0.2) is 23.0 Å². The van der Waals surface area contributed by atoms with Gasteiger partial charge in [0.15, 0.2) is 5.65 Å². The summed E-state index contributed by atoms with van der Waals surface area (Å²) in [6.07, 6.45) is 0.521. The van der Waals surface area contributed by atoms with Gasteiger partial charge in [0.25, 0.3) is 0 Å². The Hall–Kier alpha value is -3.78. The van der Waals surface area contributed by atoms with Gasteiger partial charge in [0.05, 0.1) is 15.9 Å². The molecule has 160 valence electrons. The van der Waals surface area contributed by atoms with Crippen molar-refractivity contribution in [2.24, 2.45) is 0 Å². The largest absolute Gasteiger partial charge is 0.384 e. The third kappa shape index (κ3) is 3.38. The number of benzene rings is 3. The first-order valence-corrected chi connectivity index (χ1v) is 11.5. The van der Waals surface area contributed by atoms with Crippen LogP contribution in [0.1, 0.15) is 5.56 Å². The van der Waals surface area contributed by atoms with Crippen LogP contribution in [0.5, 0.6) is 0 Å². The molecular formula is C24H19FN4O2S. The lowest BCUT2D eigenvalue weighted by Gasteiger charge is -2.08. The Morgan fingerprint density at radius 2 is 1.47 bits per heavy atom. The third-order valence-corrected chi connectivity index (χ3v) is 7.24. The first-order chi connectivity index (χ1) is 15.4. The number of para-hydroxylation sites is 2. The van der Waals surface area contributed by atoms with Gasteiger partial charge in [0.2, 0.25) is 9.84 Å². The first kappa shape index (κ1) is 20.1. The van der Waals surface area contributed by atoms with Gasteiger partial charge >= 0.3 is 0 Å². The van der Waals surface area contributed by atoms with E-state index in [0.717, 1.165) is 5.56 Å². The van der Waals surface area contributed by atoms with Gasteiger partial charge in [0.1, 0.15) is 22.0 Å². The summed E-state index contributed by atoms with van der Waals surface area (Å²) in [5.74, 6) is -0.227. The van der Waals surface area contributed by atoms with Crippen molar-refractivity contribution in [2.75, 3.05) is 5.73 Å². The molecule has 5 aromatic rings. The highest BCUT2D eigenvalue weighted by Gasteiger charge is 2.30. The van der Waals surface area contributed by atoms with Crippen LogP contribution in [0, 0.1) is 5.82 Å². The van der Waals surface area contributed by atoms with E-state index in [-0.39, 0.29) is 26.9 Å². The van der Waals surface area contributed by atoms with Crippen molar-refractivity contribution in [3.63, 3.8) is 0 Å². The summed E-state index contributed by atoms with van der Waals surface area (Å²) >= 11 is 0. The highest BCUT2D eigenvalue weighted by molar-refractivity contribution is 7.92. The number of halogens is 1. The monoisotopic (exact) mass is 446 g/mol. The Kier molecular flexibility index (Phi) is 4.86. The van der Waals surface area contributed by atoms with E-state index in [1.165, 1.54) is 24.3 Å². The highest BCUT2D eigenvalue weighted by Crippen LogP contribution is 2.35. The molecule has 0 bridgehead atoms. The second-order valence-corrected chi connectivity index (χ2v) is 9.33. The molecule has 2 heterocycles. The van der Waals surface area contributed by atoms with Crippen molar-refractivity contribution in [3.8, 4) is 0 Å². The van der Waals surface area contributed by atoms with Crippen LogP contribution in [0.25, 0.3) is 22.2 Å². The Morgan fingerprint density at radius 1 is 0.844 bits per heavy atom. The molecule has 32 heavy (non-hydrogen) atoms. The van der Waals surface area contributed by atoms with Gasteiger partial charge in [-0.05, 0) is 48.4 Å². The van der Waals surface area contributed by atoms with Crippen LogP contribution in [0.2, 0.25) is 0 Å². The number of anilines is 1. The van der Waals surface area contributed by atoms with Gasteiger partial charge in [0, 0.05) is 6.54 Å². The molecule has 2 aromatic heterocycles. The van der Waals surface area contributed by atoms with Crippen LogP contribution < -0.4 is 5.73 Å². The summed E-state index contributed by atoms with van der Waals surface area (Å²) in [6, 6.07) is 21.6. The molecule has 0 spiro atoms. The normalized spacial score (nSPS) is 11.9. The number of nitrogens with zero attached hydrogens (tertiary/aromatic N) is 3. The molecule has 0 saturated carbocycles. The minimum Gasteiger partial charge on any atom is -0.384 e. The summed E-state index contributed by atoms with van der Waals surface area (Å²) in [4.78, 5) is 9.41. The molecule has 0 amide bonds. The lowest BCUT2D eigenvalue weighted by Crippen LogP contribution is -2.09. The number of rotatable bonds is 5. The second kappa shape index (κ2) is 7.72. The van der Waals surface area contributed by atoms with Gasteiger partial charge in [-0.2, -0.15) is 0 Å². The Morgan fingerprint density at radius 3 is 2.16 bits per heavy atom. The second-order valence-electron chi connectivity index (χ2n) is 7.44. The molecular weight excluding hydrogens is 427 g/mol. The summed E-state index contributed by atoms with van der Waals surface area (Å²) in [6.45, 7) is 0.366. The third-order valence-electron chi connectivity index (χ3n) is 5.41. The van der Waals surface area contributed by atoms with Crippen molar-refractivity contribution in [2.45, 2.75) is 22.8 Å². The van der Waals surface area contributed by atoms with E-state index >= 15 is 0 Å². The number of aryl methyl sites for hydroxylation is 2. The number of nitrogen functional groups attached to an aromatic ring is 1. The lowest BCUT2D eigenvalue weighted by molar-refractivity contribution is 0.596. The summed E-state index contributed by atoms with van der Waals surface area (Å²) in [5.41, 5.74) is 9.20. The summed E-state index contributed by atoms with van der Waals surface area (Å²) < 4.78 is 42.0. The number of fused-ring (bicyclic) bond motifs is 2. The average molecular weight is 447 g/mol. The lowest BCUT2D eigenvalue weighted by atomic mass is 10.1. The smallest absolute Gasteiger partial charge is 0.212 e. The number of hydrogen-bond acceptors (Lipinski definition) is 5. The van der Waals surface area contributed by atoms with Crippen LogP contribution in [0.15, 0.2) is 88.7 Å². The molecule has 0 aliphatic heterocycles. The van der Waals surface area contributed by atoms with Gasteiger partial charge in [-0.25, -0.2) is 22.8 Å². The zero-order chi connectivity index (χ0) is 22.3. The predicted octanol–water partition coefficient (Wildman–Crippen LogP) is 4.38. The molecule has 6 nitrogen and oxygen atoms in total. The van der Waals surface area contributed by atoms with Crippen molar-refractivity contribution in [1.29, 1.82) is 0 Å². The quantitative estimate of drug-likeness (QED) is 0.433. The molecule has 0 aliphatic carbocycles. The zero-order valence-corrected chi connectivity index (χ0v) is 17.8. The fourth-order valence-corrected chi connectivity index (χ4v) is 5.32. The summed E-state index contributed by atoms with van der Waals surface area (Å²) in [7, 11) is -3.93. The van der Waals surface area contributed by atoms with Gasteiger partial charge in [-0.3, -0.25) is 0 Å². The predicted molar refractivity (Wildman–Crippen MR) is 121 cm³/mol. The molecule has 0 unspecified atom stereocenters. The highest BCUT2D eigenvalue weighted by atomic mass is 32.2. The van der Waals surface area contributed by atoms with Gasteiger partial charge in [-0.1, -0.05) is 42.5 Å². The minimum atomic E-state index is -3.93. The molecule has 2 N–H and O–H groups in total. The first-order valence-electron chi connectivity index (χ1n) is 10.0. The molecule has 0 aliphatic rings. The van der Waals surface area contributed by atoms with Crippen LogP contribution in [0.4, 0.5) is 10.2 Å². The maximum absolute atomic E-state index is 13.5. The van der Waals surface area contributed by atoms with Crippen LogP contribution >= 0.6 is 0 Å². The fourth-order valence-electron chi connectivity index (χ4n) is 3.79.